The average Bonchev–Trinajstić information content (AvgIpc) is 2.79. The number of anilines is 2. The molecule has 0 atom stereocenters. The first-order valence-electron chi connectivity index (χ1n) is 11.1. The molecule has 2 aliphatic rings. The fourth-order valence-corrected chi connectivity index (χ4v) is 4.11. The Bertz CT molecular complexity index is 1080. The number of carbonyl (C=O) groups is 3. The van der Waals surface area contributed by atoms with Gasteiger partial charge in [0.1, 0.15) is 12.3 Å². The minimum atomic E-state index is -1.12. The van der Waals surface area contributed by atoms with Gasteiger partial charge in [-0.05, 0) is 57.0 Å². The van der Waals surface area contributed by atoms with Gasteiger partial charge in [-0.2, -0.15) is 0 Å². The Morgan fingerprint density at radius 1 is 1.06 bits per heavy atom. The summed E-state index contributed by atoms with van der Waals surface area (Å²) in [6.07, 6.45) is 0. The molecule has 0 aromatic heterocycles. The summed E-state index contributed by atoms with van der Waals surface area (Å²) in [5, 5.41) is 2.96. The minimum Gasteiger partial charge on any atom is -0.476 e. The van der Waals surface area contributed by atoms with Crippen LogP contribution in [-0.2, 0) is 14.3 Å². The quantitative estimate of drug-likeness (QED) is 0.772. The van der Waals surface area contributed by atoms with Crippen molar-refractivity contribution in [2.75, 3.05) is 43.1 Å². The SMILES string of the molecule is Cc1cccc(C)c1NC(=O)c1ccc2c(c1)N(CC(=O)N1CCOCC1)C(=O)C(C)(C)O2. The Kier molecular flexibility index (Phi) is 6.12. The maximum absolute atomic E-state index is 13.2. The first kappa shape index (κ1) is 22.8. The monoisotopic (exact) mass is 451 g/mol. The molecule has 2 aromatic rings. The van der Waals surface area contributed by atoms with Crippen LogP contribution in [0.2, 0.25) is 0 Å². The maximum Gasteiger partial charge on any atom is 0.271 e. The van der Waals surface area contributed by atoms with Gasteiger partial charge in [0, 0.05) is 24.3 Å². The van der Waals surface area contributed by atoms with E-state index in [1.54, 1.807) is 36.9 Å². The Labute approximate surface area is 193 Å². The lowest BCUT2D eigenvalue weighted by Gasteiger charge is -2.39. The Balaban J connectivity index is 1.63. The van der Waals surface area contributed by atoms with Crippen LogP contribution in [0.15, 0.2) is 36.4 Å². The van der Waals surface area contributed by atoms with Gasteiger partial charge in [-0.25, -0.2) is 0 Å². The third kappa shape index (κ3) is 4.57. The summed E-state index contributed by atoms with van der Waals surface area (Å²) < 4.78 is 11.2. The number of nitrogens with zero attached hydrogens (tertiary/aromatic N) is 2. The second-order valence-electron chi connectivity index (χ2n) is 8.90. The Morgan fingerprint density at radius 2 is 1.73 bits per heavy atom. The highest BCUT2D eigenvalue weighted by Gasteiger charge is 2.42. The summed E-state index contributed by atoms with van der Waals surface area (Å²) >= 11 is 0. The Hall–Kier alpha value is -3.39. The number of hydrogen-bond donors (Lipinski definition) is 1. The van der Waals surface area contributed by atoms with Crippen LogP contribution in [0.4, 0.5) is 11.4 Å². The molecule has 33 heavy (non-hydrogen) atoms. The summed E-state index contributed by atoms with van der Waals surface area (Å²) in [5.41, 5.74) is 2.33. The normalized spacial score (nSPS) is 17.3. The van der Waals surface area contributed by atoms with Gasteiger partial charge >= 0.3 is 0 Å². The van der Waals surface area contributed by atoms with Gasteiger partial charge in [0.05, 0.1) is 18.9 Å². The van der Waals surface area contributed by atoms with E-state index in [1.807, 2.05) is 32.0 Å². The predicted octanol–water partition coefficient (Wildman–Crippen LogP) is 2.92. The van der Waals surface area contributed by atoms with Crippen LogP contribution < -0.4 is 15.0 Å². The number of ether oxygens (including phenoxy) is 2. The summed E-state index contributed by atoms with van der Waals surface area (Å²) in [6.45, 7) is 9.03. The van der Waals surface area contributed by atoms with E-state index in [-0.39, 0.29) is 24.3 Å². The predicted molar refractivity (Wildman–Crippen MR) is 125 cm³/mol. The standard InChI is InChI=1S/C25H29N3O5/c1-16-6-5-7-17(2)22(16)26-23(30)18-8-9-20-19(14-18)28(24(31)25(3,4)33-20)15-21(29)27-10-12-32-13-11-27/h5-9,14H,10-13,15H2,1-4H3,(H,26,30). The van der Waals surface area contributed by atoms with Crippen molar-refractivity contribution in [3.63, 3.8) is 0 Å². The number of fused-ring (bicyclic) bond motifs is 1. The molecule has 0 bridgehead atoms. The highest BCUT2D eigenvalue weighted by atomic mass is 16.5. The molecule has 2 aliphatic heterocycles. The largest absolute Gasteiger partial charge is 0.476 e. The molecule has 1 N–H and O–H groups in total. The van der Waals surface area contributed by atoms with Crippen LogP contribution >= 0.6 is 0 Å². The van der Waals surface area contributed by atoms with E-state index in [0.717, 1.165) is 16.8 Å². The fraction of sp³-hybridized carbons (Fsp3) is 0.400. The topological polar surface area (TPSA) is 88.2 Å². The molecular formula is C25H29N3O5. The van der Waals surface area contributed by atoms with E-state index >= 15 is 0 Å². The van der Waals surface area contributed by atoms with Crippen molar-refractivity contribution in [2.45, 2.75) is 33.3 Å². The molecule has 0 radical (unpaired) electrons. The molecule has 1 fully saturated rings. The van der Waals surface area contributed by atoms with Crippen LogP contribution in [-0.4, -0.2) is 61.1 Å². The minimum absolute atomic E-state index is 0.124. The van der Waals surface area contributed by atoms with Crippen LogP contribution in [0.5, 0.6) is 5.75 Å². The highest BCUT2D eigenvalue weighted by Crippen LogP contribution is 2.38. The summed E-state index contributed by atoms with van der Waals surface area (Å²) in [4.78, 5) is 42.3. The average molecular weight is 452 g/mol. The molecule has 8 heteroatoms. The number of benzene rings is 2. The van der Waals surface area contributed by atoms with E-state index < -0.39 is 5.60 Å². The van der Waals surface area contributed by atoms with E-state index in [0.29, 0.717) is 43.3 Å². The van der Waals surface area contributed by atoms with Crippen LogP contribution in [0.25, 0.3) is 0 Å². The van der Waals surface area contributed by atoms with Crippen molar-refractivity contribution in [2.24, 2.45) is 0 Å². The lowest BCUT2D eigenvalue weighted by Crippen LogP contribution is -2.56. The second kappa shape index (κ2) is 8.86. The lowest BCUT2D eigenvalue weighted by molar-refractivity contribution is -0.138. The van der Waals surface area contributed by atoms with Crippen LogP contribution in [0, 0.1) is 13.8 Å². The van der Waals surface area contributed by atoms with Gasteiger partial charge in [-0.1, -0.05) is 18.2 Å². The molecule has 2 heterocycles. The zero-order valence-corrected chi connectivity index (χ0v) is 19.4. The number of amides is 3. The second-order valence-corrected chi connectivity index (χ2v) is 8.90. The number of para-hydroxylation sites is 1. The molecule has 174 valence electrons. The van der Waals surface area contributed by atoms with Crippen molar-refractivity contribution in [3.8, 4) is 5.75 Å². The third-order valence-corrected chi connectivity index (χ3v) is 6.01. The van der Waals surface area contributed by atoms with Crippen molar-refractivity contribution < 1.29 is 23.9 Å². The molecule has 4 rings (SSSR count). The smallest absolute Gasteiger partial charge is 0.271 e. The molecule has 0 unspecified atom stereocenters. The number of nitrogens with one attached hydrogen (secondary N) is 1. The van der Waals surface area contributed by atoms with Gasteiger partial charge in [-0.15, -0.1) is 0 Å². The third-order valence-electron chi connectivity index (χ3n) is 6.01. The molecule has 2 aromatic carbocycles. The summed E-state index contributed by atoms with van der Waals surface area (Å²) in [6, 6.07) is 10.8. The van der Waals surface area contributed by atoms with Gasteiger partial charge in [0.15, 0.2) is 5.60 Å². The number of carbonyl (C=O) groups excluding carboxylic acids is 3. The zero-order valence-electron chi connectivity index (χ0n) is 19.4. The number of aryl methyl sites for hydroxylation is 2. The van der Waals surface area contributed by atoms with Crippen molar-refractivity contribution in [3.05, 3.63) is 53.1 Å². The van der Waals surface area contributed by atoms with Gasteiger partial charge < -0.3 is 19.7 Å². The van der Waals surface area contributed by atoms with Crippen molar-refractivity contribution in [1.29, 1.82) is 0 Å². The van der Waals surface area contributed by atoms with Crippen LogP contribution in [0.1, 0.15) is 35.3 Å². The number of hydrogen-bond acceptors (Lipinski definition) is 5. The van der Waals surface area contributed by atoms with Crippen molar-refractivity contribution in [1.82, 2.24) is 4.90 Å². The first-order valence-corrected chi connectivity index (χ1v) is 11.1. The summed E-state index contributed by atoms with van der Waals surface area (Å²) in [5.74, 6) is -0.338. The molecule has 1 saturated heterocycles. The molecule has 0 spiro atoms. The molecule has 0 aliphatic carbocycles. The van der Waals surface area contributed by atoms with E-state index in [2.05, 4.69) is 5.32 Å². The van der Waals surface area contributed by atoms with Gasteiger partial charge in [-0.3, -0.25) is 19.3 Å². The van der Waals surface area contributed by atoms with Gasteiger partial charge in [0.2, 0.25) is 5.91 Å². The van der Waals surface area contributed by atoms with Crippen molar-refractivity contribution >= 4 is 29.1 Å². The summed E-state index contributed by atoms with van der Waals surface area (Å²) in [7, 11) is 0. The number of rotatable bonds is 4. The maximum atomic E-state index is 13.2. The zero-order chi connectivity index (χ0) is 23.8. The van der Waals surface area contributed by atoms with E-state index in [1.165, 1.54) is 4.90 Å². The molecule has 0 saturated carbocycles. The van der Waals surface area contributed by atoms with E-state index in [9.17, 15) is 14.4 Å². The molecule has 8 nitrogen and oxygen atoms in total. The molecule has 3 amide bonds. The first-order chi connectivity index (χ1) is 15.7. The highest BCUT2D eigenvalue weighted by molar-refractivity contribution is 6.09. The Morgan fingerprint density at radius 3 is 2.39 bits per heavy atom. The fourth-order valence-electron chi connectivity index (χ4n) is 4.11. The van der Waals surface area contributed by atoms with Gasteiger partial charge in [0.25, 0.3) is 11.8 Å². The van der Waals surface area contributed by atoms with Crippen LogP contribution in [0.3, 0.4) is 0 Å². The van der Waals surface area contributed by atoms with E-state index in [4.69, 9.17) is 9.47 Å². The number of morpholine rings is 1. The lowest BCUT2D eigenvalue weighted by atomic mass is 10.0. The molecular weight excluding hydrogens is 422 g/mol.